The Labute approximate surface area is 269 Å². The molecule has 0 aliphatic carbocycles. The number of fused-ring (bicyclic) bond motifs is 1. The fourth-order valence-electron chi connectivity index (χ4n) is 5.85. The minimum atomic E-state index is -3.51. The molecule has 2 amide bonds. The van der Waals surface area contributed by atoms with E-state index in [1.165, 1.54) is 4.31 Å². The lowest BCUT2D eigenvalue weighted by Gasteiger charge is -2.32. The van der Waals surface area contributed by atoms with E-state index in [1.807, 2.05) is 78.9 Å². The second kappa shape index (κ2) is 14.2. The molecule has 1 saturated heterocycles. The van der Waals surface area contributed by atoms with E-state index < -0.39 is 16.1 Å². The summed E-state index contributed by atoms with van der Waals surface area (Å²) < 4.78 is 38.3. The maximum absolute atomic E-state index is 14.1. The predicted molar refractivity (Wildman–Crippen MR) is 173 cm³/mol. The van der Waals surface area contributed by atoms with Crippen molar-refractivity contribution >= 4 is 21.8 Å². The quantitative estimate of drug-likeness (QED) is 0.228. The largest absolute Gasteiger partial charge is 0.454 e. The molecule has 0 radical (unpaired) electrons. The third-order valence-electron chi connectivity index (χ3n) is 8.35. The zero-order valence-electron chi connectivity index (χ0n) is 25.5. The van der Waals surface area contributed by atoms with Crippen molar-refractivity contribution in [3.05, 3.63) is 125 Å². The number of amides is 2. The van der Waals surface area contributed by atoms with Gasteiger partial charge in [-0.05, 0) is 65.8 Å². The van der Waals surface area contributed by atoms with Crippen molar-refractivity contribution in [3.63, 3.8) is 0 Å². The minimum Gasteiger partial charge on any atom is -0.454 e. The first kappa shape index (κ1) is 31.3. The average molecular weight is 640 g/mol. The summed E-state index contributed by atoms with van der Waals surface area (Å²) in [7, 11) is -3.51. The van der Waals surface area contributed by atoms with Gasteiger partial charge in [0.25, 0.3) is 0 Å². The van der Waals surface area contributed by atoms with Crippen molar-refractivity contribution in [3.8, 4) is 11.5 Å². The van der Waals surface area contributed by atoms with Crippen molar-refractivity contribution in [1.82, 2.24) is 14.5 Å². The van der Waals surface area contributed by atoms with Gasteiger partial charge < -0.3 is 19.7 Å². The molecule has 0 spiro atoms. The number of sulfonamides is 1. The highest BCUT2D eigenvalue weighted by atomic mass is 32.2. The van der Waals surface area contributed by atoms with E-state index in [-0.39, 0.29) is 43.0 Å². The van der Waals surface area contributed by atoms with Gasteiger partial charge >= 0.3 is 0 Å². The average Bonchev–Trinajstić information content (AvgIpc) is 3.80. The molecule has 9 nitrogen and oxygen atoms in total. The standard InChI is InChI=1S/C36H37N3O6S/c40-34(20-16-27-13-17-31(18-14-27)46(42,43)38-21-7-8-22-38)39(25-28-9-3-1-4-10-28)35(30-11-5-2-6-12-30)36(41)37-24-29-15-19-32-33(23-29)45-26-44-32/h1-6,9-15,17-19,23,35H,7-8,16,20-22,24-26H2,(H,37,41). The van der Waals surface area contributed by atoms with Crippen LogP contribution < -0.4 is 14.8 Å². The van der Waals surface area contributed by atoms with E-state index in [9.17, 15) is 18.0 Å². The van der Waals surface area contributed by atoms with E-state index in [0.717, 1.165) is 29.5 Å². The molecule has 46 heavy (non-hydrogen) atoms. The maximum Gasteiger partial charge on any atom is 0.247 e. The van der Waals surface area contributed by atoms with Crippen LogP contribution in [0.2, 0.25) is 0 Å². The van der Waals surface area contributed by atoms with Crippen molar-refractivity contribution < 1.29 is 27.5 Å². The summed E-state index contributed by atoms with van der Waals surface area (Å²) in [5.41, 5.74) is 3.29. The number of carbonyl (C=O) groups excluding carboxylic acids is 2. The number of aryl methyl sites for hydroxylation is 1. The number of benzene rings is 4. The van der Waals surface area contributed by atoms with E-state index in [0.29, 0.717) is 36.6 Å². The Morgan fingerprint density at radius 3 is 2.15 bits per heavy atom. The summed E-state index contributed by atoms with van der Waals surface area (Å²) in [5.74, 6) is 0.808. The highest BCUT2D eigenvalue weighted by Gasteiger charge is 2.32. The summed E-state index contributed by atoms with van der Waals surface area (Å²) in [6, 6.07) is 30.3. The topological polar surface area (TPSA) is 105 Å². The molecule has 2 aliphatic rings. The van der Waals surface area contributed by atoms with Gasteiger partial charge in [0.1, 0.15) is 6.04 Å². The summed E-state index contributed by atoms with van der Waals surface area (Å²) in [4.78, 5) is 29.9. The number of ether oxygens (including phenoxy) is 2. The smallest absolute Gasteiger partial charge is 0.247 e. The Morgan fingerprint density at radius 1 is 0.783 bits per heavy atom. The zero-order chi connectivity index (χ0) is 31.9. The van der Waals surface area contributed by atoms with Gasteiger partial charge in [0.15, 0.2) is 11.5 Å². The van der Waals surface area contributed by atoms with Gasteiger partial charge in [-0.15, -0.1) is 0 Å². The molecular weight excluding hydrogens is 602 g/mol. The second-order valence-corrected chi connectivity index (χ2v) is 13.4. The molecule has 1 fully saturated rings. The number of hydrogen-bond donors (Lipinski definition) is 1. The van der Waals surface area contributed by atoms with Gasteiger partial charge in [0.2, 0.25) is 28.6 Å². The molecule has 10 heteroatoms. The van der Waals surface area contributed by atoms with Gasteiger partial charge in [-0.2, -0.15) is 4.31 Å². The highest BCUT2D eigenvalue weighted by molar-refractivity contribution is 7.89. The van der Waals surface area contributed by atoms with E-state index in [2.05, 4.69) is 5.32 Å². The number of nitrogens with zero attached hydrogens (tertiary/aromatic N) is 2. The van der Waals surface area contributed by atoms with Crippen LogP contribution in [0.5, 0.6) is 11.5 Å². The minimum absolute atomic E-state index is 0.143. The Balaban J connectivity index is 1.21. The normalized spacial score (nSPS) is 15.0. The molecule has 238 valence electrons. The molecule has 0 bridgehead atoms. The number of rotatable bonds is 12. The first-order chi connectivity index (χ1) is 22.4. The monoisotopic (exact) mass is 639 g/mol. The maximum atomic E-state index is 14.1. The molecule has 1 unspecified atom stereocenters. The fourth-order valence-corrected chi connectivity index (χ4v) is 7.37. The second-order valence-electron chi connectivity index (χ2n) is 11.5. The van der Waals surface area contributed by atoms with Crippen LogP contribution in [0, 0.1) is 0 Å². The van der Waals surface area contributed by atoms with Gasteiger partial charge in [-0.25, -0.2) is 8.42 Å². The van der Waals surface area contributed by atoms with Crippen LogP contribution in [-0.4, -0.2) is 49.3 Å². The molecule has 2 heterocycles. The third kappa shape index (κ3) is 7.24. The molecule has 4 aromatic carbocycles. The Morgan fingerprint density at radius 2 is 1.43 bits per heavy atom. The molecule has 0 saturated carbocycles. The first-order valence-corrected chi connectivity index (χ1v) is 17.0. The molecular formula is C36H37N3O6S. The van der Waals surface area contributed by atoms with E-state index >= 15 is 0 Å². The van der Waals surface area contributed by atoms with Crippen LogP contribution in [0.15, 0.2) is 108 Å². The van der Waals surface area contributed by atoms with Crippen LogP contribution >= 0.6 is 0 Å². The molecule has 1 atom stereocenters. The van der Waals surface area contributed by atoms with Crippen LogP contribution in [-0.2, 0) is 39.1 Å². The fraction of sp³-hybridized carbons (Fsp3) is 0.278. The molecule has 0 aromatic heterocycles. The lowest BCUT2D eigenvalue weighted by atomic mass is 10.0. The Kier molecular flexibility index (Phi) is 9.65. The summed E-state index contributed by atoms with van der Waals surface area (Å²) in [6.45, 7) is 1.74. The Bertz CT molecular complexity index is 1760. The van der Waals surface area contributed by atoms with Crippen LogP contribution in [0.1, 0.15) is 47.6 Å². The predicted octanol–water partition coefficient (Wildman–Crippen LogP) is 5.22. The van der Waals surface area contributed by atoms with Crippen molar-refractivity contribution in [2.45, 2.75) is 49.7 Å². The molecule has 1 N–H and O–H groups in total. The van der Waals surface area contributed by atoms with Gasteiger partial charge in [0.05, 0.1) is 4.90 Å². The summed E-state index contributed by atoms with van der Waals surface area (Å²) >= 11 is 0. The molecule has 4 aromatic rings. The van der Waals surface area contributed by atoms with Crippen molar-refractivity contribution in [2.24, 2.45) is 0 Å². The first-order valence-electron chi connectivity index (χ1n) is 15.5. The number of nitrogens with one attached hydrogen (secondary N) is 1. The van der Waals surface area contributed by atoms with Crippen LogP contribution in [0.25, 0.3) is 0 Å². The lowest BCUT2D eigenvalue weighted by Crippen LogP contribution is -2.43. The molecule has 2 aliphatic heterocycles. The third-order valence-corrected chi connectivity index (χ3v) is 10.3. The summed E-state index contributed by atoms with van der Waals surface area (Å²) in [6.07, 6.45) is 2.29. The highest BCUT2D eigenvalue weighted by Crippen LogP contribution is 2.33. The lowest BCUT2D eigenvalue weighted by molar-refractivity contribution is -0.141. The van der Waals surface area contributed by atoms with Gasteiger partial charge in [-0.3, -0.25) is 9.59 Å². The number of carbonyl (C=O) groups is 2. The van der Waals surface area contributed by atoms with E-state index in [1.54, 1.807) is 29.2 Å². The van der Waals surface area contributed by atoms with Crippen LogP contribution in [0.4, 0.5) is 0 Å². The molecule has 6 rings (SSSR count). The summed E-state index contributed by atoms with van der Waals surface area (Å²) in [5, 5.41) is 3.04. The van der Waals surface area contributed by atoms with E-state index in [4.69, 9.17) is 9.47 Å². The van der Waals surface area contributed by atoms with Crippen molar-refractivity contribution in [1.29, 1.82) is 0 Å². The van der Waals surface area contributed by atoms with Gasteiger partial charge in [-0.1, -0.05) is 78.9 Å². The number of hydrogen-bond acceptors (Lipinski definition) is 6. The van der Waals surface area contributed by atoms with Crippen molar-refractivity contribution in [2.75, 3.05) is 19.9 Å². The van der Waals surface area contributed by atoms with Gasteiger partial charge in [0, 0.05) is 32.6 Å². The SMILES string of the molecule is O=C(NCc1ccc2c(c1)OCO2)C(c1ccccc1)N(Cc1ccccc1)C(=O)CCc1ccc(S(=O)(=O)N2CCCC2)cc1. The Hall–Kier alpha value is -4.67. The zero-order valence-corrected chi connectivity index (χ0v) is 26.3. The van der Waals surface area contributed by atoms with Crippen LogP contribution in [0.3, 0.4) is 0 Å².